The zero-order chi connectivity index (χ0) is 18.6. The molecule has 0 saturated heterocycles. The molecule has 0 spiro atoms. The van der Waals surface area contributed by atoms with Gasteiger partial charge in [-0.2, -0.15) is 0 Å². The molecule has 0 amide bonds. The van der Waals surface area contributed by atoms with Crippen molar-refractivity contribution in [2.75, 3.05) is 38.7 Å². The first-order valence-electron chi connectivity index (χ1n) is 9.10. The molecule has 1 heterocycles. The van der Waals surface area contributed by atoms with Crippen LogP contribution in [0.4, 0.5) is 5.69 Å². The van der Waals surface area contributed by atoms with Crippen molar-refractivity contribution in [3.05, 3.63) is 52.2 Å². The molecule has 1 unspecified atom stereocenters. The van der Waals surface area contributed by atoms with E-state index in [-0.39, 0.29) is 0 Å². The van der Waals surface area contributed by atoms with Crippen molar-refractivity contribution in [3.63, 3.8) is 0 Å². The second kappa shape index (κ2) is 11.5. The minimum Gasteiger partial charge on any atom is -0.383 e. The Bertz CT molecular complexity index is 640. The molecule has 1 aromatic heterocycles. The van der Waals surface area contributed by atoms with E-state index >= 15 is 0 Å². The molecule has 26 heavy (non-hydrogen) atoms. The van der Waals surface area contributed by atoms with Crippen molar-refractivity contribution in [3.8, 4) is 0 Å². The molecule has 0 bridgehead atoms. The predicted molar refractivity (Wildman–Crippen MR) is 112 cm³/mol. The van der Waals surface area contributed by atoms with Gasteiger partial charge in [0.1, 0.15) is 0 Å². The van der Waals surface area contributed by atoms with Gasteiger partial charge in [0.05, 0.1) is 13.2 Å². The van der Waals surface area contributed by atoms with Crippen molar-refractivity contribution in [2.24, 2.45) is 4.99 Å². The maximum atomic E-state index is 5.04. The first kappa shape index (κ1) is 20.3. The first-order valence-corrected chi connectivity index (χ1v) is 9.98. The van der Waals surface area contributed by atoms with Gasteiger partial charge in [-0.15, -0.1) is 11.3 Å². The predicted octanol–water partition coefficient (Wildman–Crippen LogP) is 3.67. The van der Waals surface area contributed by atoms with Gasteiger partial charge in [0.2, 0.25) is 0 Å². The maximum Gasteiger partial charge on any atom is 0.191 e. The summed E-state index contributed by atoms with van der Waals surface area (Å²) in [5.74, 6) is 1.33. The number of anilines is 1. The maximum absolute atomic E-state index is 5.04. The second-order valence-corrected chi connectivity index (χ2v) is 7.09. The molecule has 1 atom stereocenters. The Morgan fingerprint density at radius 2 is 2.00 bits per heavy atom. The highest BCUT2D eigenvalue weighted by atomic mass is 32.1. The van der Waals surface area contributed by atoms with Crippen LogP contribution in [0.2, 0.25) is 0 Å². The van der Waals surface area contributed by atoms with Gasteiger partial charge in [-0.25, -0.2) is 4.99 Å². The van der Waals surface area contributed by atoms with Crippen LogP contribution >= 0.6 is 11.3 Å². The van der Waals surface area contributed by atoms with Gasteiger partial charge in [0, 0.05) is 43.2 Å². The molecule has 2 rings (SSSR count). The van der Waals surface area contributed by atoms with Crippen molar-refractivity contribution in [1.82, 2.24) is 10.6 Å². The lowest BCUT2D eigenvalue weighted by Crippen LogP contribution is -2.39. The van der Waals surface area contributed by atoms with Gasteiger partial charge in [0.25, 0.3) is 0 Å². The van der Waals surface area contributed by atoms with E-state index in [1.807, 2.05) is 0 Å². The van der Waals surface area contributed by atoms with Gasteiger partial charge in [0.15, 0.2) is 5.96 Å². The Kier molecular flexibility index (Phi) is 9.00. The Morgan fingerprint density at radius 1 is 1.19 bits per heavy atom. The van der Waals surface area contributed by atoms with E-state index in [1.165, 1.54) is 10.4 Å². The van der Waals surface area contributed by atoms with Gasteiger partial charge < -0.3 is 20.7 Å². The van der Waals surface area contributed by atoms with Crippen LogP contribution < -0.4 is 16.0 Å². The average Bonchev–Trinajstić information content (AvgIpc) is 3.20. The molecule has 0 aliphatic carbocycles. The lowest BCUT2D eigenvalue weighted by molar-refractivity contribution is 0.211. The number of rotatable bonds is 10. The van der Waals surface area contributed by atoms with E-state index in [9.17, 15) is 0 Å². The van der Waals surface area contributed by atoms with Crippen LogP contribution in [0.15, 0.2) is 46.8 Å². The van der Waals surface area contributed by atoms with E-state index in [2.05, 4.69) is 71.6 Å². The van der Waals surface area contributed by atoms with Gasteiger partial charge in [-0.3, -0.25) is 0 Å². The molecular weight excluding hydrogens is 344 g/mol. The Hall–Kier alpha value is -2.05. The van der Waals surface area contributed by atoms with Gasteiger partial charge >= 0.3 is 0 Å². The fraction of sp³-hybridized carbons (Fsp3) is 0.450. The highest BCUT2D eigenvalue weighted by molar-refractivity contribution is 7.10. The van der Waals surface area contributed by atoms with Crippen LogP contribution in [0.1, 0.15) is 30.2 Å². The van der Waals surface area contributed by atoms with E-state index in [0.717, 1.165) is 31.3 Å². The summed E-state index contributed by atoms with van der Waals surface area (Å²) in [5, 5.41) is 12.2. The summed E-state index contributed by atoms with van der Waals surface area (Å²) in [7, 11) is 1.71. The number of hydrogen-bond donors (Lipinski definition) is 3. The normalized spacial score (nSPS) is 12.7. The van der Waals surface area contributed by atoms with E-state index in [4.69, 9.17) is 9.73 Å². The van der Waals surface area contributed by atoms with Gasteiger partial charge in [-0.1, -0.05) is 25.1 Å². The third-order valence-corrected chi connectivity index (χ3v) is 5.06. The number of thiophene rings is 1. The zero-order valence-electron chi connectivity index (χ0n) is 15.9. The summed E-state index contributed by atoms with van der Waals surface area (Å²) in [5.41, 5.74) is 2.29. The van der Waals surface area contributed by atoms with Crippen LogP contribution in [-0.2, 0) is 11.3 Å². The quantitative estimate of drug-likeness (QED) is 0.337. The molecule has 0 aliphatic rings. The number of nitrogens with one attached hydrogen (secondary N) is 3. The molecule has 0 saturated carbocycles. The summed E-state index contributed by atoms with van der Waals surface area (Å²) in [6.07, 6.45) is 0. The van der Waals surface area contributed by atoms with Crippen molar-refractivity contribution < 1.29 is 4.74 Å². The molecule has 2 aromatic rings. The van der Waals surface area contributed by atoms with Crippen LogP contribution in [0.5, 0.6) is 0 Å². The fourth-order valence-corrected chi connectivity index (χ4v) is 3.25. The summed E-state index contributed by atoms with van der Waals surface area (Å²) in [6, 6.07) is 12.7. The lowest BCUT2D eigenvalue weighted by atomic mass is 10.1. The van der Waals surface area contributed by atoms with E-state index in [0.29, 0.717) is 19.1 Å². The minimum absolute atomic E-state index is 0.469. The number of nitrogens with zero attached hydrogens (tertiary/aromatic N) is 1. The largest absolute Gasteiger partial charge is 0.383 e. The third-order valence-electron chi connectivity index (χ3n) is 3.96. The molecule has 1 aromatic carbocycles. The van der Waals surface area contributed by atoms with Crippen molar-refractivity contribution in [2.45, 2.75) is 26.3 Å². The summed E-state index contributed by atoms with van der Waals surface area (Å²) >= 11 is 1.80. The standard InChI is InChI=1S/C20H30N4OS/c1-4-21-20(23-14-16(2)19-6-5-13-26-19)24-15-17-7-9-18(10-8-17)22-11-12-25-3/h5-10,13,16,22H,4,11-12,14-15H2,1-3H3,(H2,21,23,24). The monoisotopic (exact) mass is 374 g/mol. The molecular formula is C20H30N4OS. The van der Waals surface area contributed by atoms with Crippen LogP contribution in [0.25, 0.3) is 0 Å². The molecule has 3 N–H and O–H groups in total. The second-order valence-electron chi connectivity index (χ2n) is 6.11. The lowest BCUT2D eigenvalue weighted by Gasteiger charge is -2.15. The van der Waals surface area contributed by atoms with Crippen LogP contribution in [-0.4, -0.2) is 39.3 Å². The average molecular weight is 375 g/mol. The minimum atomic E-state index is 0.469. The number of methoxy groups -OCH3 is 1. The SMILES string of the molecule is CCNC(=NCc1ccc(NCCOC)cc1)NCC(C)c1cccs1. The van der Waals surface area contributed by atoms with E-state index in [1.54, 1.807) is 18.4 Å². The molecule has 5 nitrogen and oxygen atoms in total. The van der Waals surface area contributed by atoms with Gasteiger partial charge in [-0.05, 0) is 36.1 Å². The van der Waals surface area contributed by atoms with Crippen molar-refractivity contribution in [1.29, 1.82) is 0 Å². The molecule has 0 fully saturated rings. The Labute approximate surface area is 160 Å². The number of hydrogen-bond acceptors (Lipinski definition) is 4. The topological polar surface area (TPSA) is 57.7 Å². The number of guanidine groups is 1. The molecule has 0 radical (unpaired) electrons. The first-order chi connectivity index (χ1) is 12.7. The Morgan fingerprint density at radius 3 is 2.65 bits per heavy atom. The fourth-order valence-electron chi connectivity index (χ4n) is 2.46. The number of ether oxygens (including phenoxy) is 1. The number of benzene rings is 1. The third kappa shape index (κ3) is 7.06. The molecule has 6 heteroatoms. The molecule has 0 aliphatic heterocycles. The summed E-state index contributed by atoms with van der Waals surface area (Å²) < 4.78 is 5.04. The zero-order valence-corrected chi connectivity index (χ0v) is 16.7. The number of aliphatic imine (C=N–C) groups is 1. The smallest absolute Gasteiger partial charge is 0.191 e. The van der Waals surface area contributed by atoms with Crippen molar-refractivity contribution >= 4 is 23.0 Å². The summed E-state index contributed by atoms with van der Waals surface area (Å²) in [6.45, 7) is 8.20. The van der Waals surface area contributed by atoms with Crippen LogP contribution in [0.3, 0.4) is 0 Å². The van der Waals surface area contributed by atoms with Crippen LogP contribution in [0, 0.1) is 0 Å². The summed E-state index contributed by atoms with van der Waals surface area (Å²) in [4.78, 5) is 6.09. The highest BCUT2D eigenvalue weighted by Crippen LogP contribution is 2.19. The Balaban J connectivity index is 1.85. The molecule has 142 valence electrons. The highest BCUT2D eigenvalue weighted by Gasteiger charge is 2.07. The van der Waals surface area contributed by atoms with E-state index < -0.39 is 0 Å².